The van der Waals surface area contributed by atoms with Gasteiger partial charge in [-0.15, -0.1) is 0 Å². The molecular formula is C10H14N2O4. The van der Waals surface area contributed by atoms with Crippen molar-refractivity contribution in [3.63, 3.8) is 0 Å². The Labute approximate surface area is 91.5 Å². The summed E-state index contributed by atoms with van der Waals surface area (Å²) in [4.78, 5) is 24.9. The smallest absolute Gasteiger partial charge is 0.328 e. The van der Waals surface area contributed by atoms with Gasteiger partial charge in [0, 0.05) is 13.2 Å². The first kappa shape index (κ1) is 11.1. The van der Waals surface area contributed by atoms with Crippen LogP contribution < -0.4 is 11.2 Å². The van der Waals surface area contributed by atoms with Gasteiger partial charge in [0.2, 0.25) is 0 Å². The van der Waals surface area contributed by atoms with Gasteiger partial charge in [-0.2, -0.15) is 0 Å². The molecule has 6 nitrogen and oxygen atoms in total. The fraction of sp³-hybridized carbons (Fsp3) is 0.600. The van der Waals surface area contributed by atoms with Gasteiger partial charge < -0.3 is 14.4 Å². The Kier molecular flexibility index (Phi) is 2.93. The second-order valence-corrected chi connectivity index (χ2v) is 3.96. The van der Waals surface area contributed by atoms with Crippen molar-refractivity contribution >= 4 is 0 Å². The Morgan fingerprint density at radius 1 is 1.56 bits per heavy atom. The number of aliphatic hydroxyl groups excluding tert-OH is 1. The van der Waals surface area contributed by atoms with E-state index in [0.29, 0.717) is 12.0 Å². The fourth-order valence-electron chi connectivity index (χ4n) is 1.88. The molecular weight excluding hydrogens is 212 g/mol. The van der Waals surface area contributed by atoms with E-state index in [1.54, 1.807) is 7.05 Å². The molecule has 88 valence electrons. The van der Waals surface area contributed by atoms with E-state index in [4.69, 9.17) is 9.84 Å². The van der Waals surface area contributed by atoms with Gasteiger partial charge >= 0.3 is 5.69 Å². The maximum atomic E-state index is 11.6. The predicted molar refractivity (Wildman–Crippen MR) is 56.2 cm³/mol. The van der Waals surface area contributed by atoms with E-state index in [9.17, 15) is 9.59 Å². The summed E-state index contributed by atoms with van der Waals surface area (Å²) in [7, 11) is 1.57. The molecule has 1 aromatic rings. The van der Waals surface area contributed by atoms with Crippen LogP contribution in [0.2, 0.25) is 0 Å². The van der Waals surface area contributed by atoms with Crippen LogP contribution in [0.5, 0.6) is 0 Å². The Bertz CT molecular complexity index is 490. The highest BCUT2D eigenvalue weighted by molar-refractivity contribution is 5.10. The van der Waals surface area contributed by atoms with E-state index < -0.39 is 11.2 Å². The summed E-state index contributed by atoms with van der Waals surface area (Å²) >= 11 is 0. The van der Waals surface area contributed by atoms with Crippen LogP contribution in [0.3, 0.4) is 0 Å². The van der Waals surface area contributed by atoms with Crippen molar-refractivity contribution in [3.8, 4) is 0 Å². The number of H-pyrrole nitrogens is 1. The maximum Gasteiger partial charge on any atom is 0.328 e. The lowest BCUT2D eigenvalue weighted by atomic mass is 10.1. The molecule has 1 aliphatic heterocycles. The van der Waals surface area contributed by atoms with E-state index in [0.717, 1.165) is 6.42 Å². The molecule has 2 N–H and O–H groups in total. The Morgan fingerprint density at radius 3 is 2.94 bits per heavy atom. The molecule has 6 heteroatoms. The summed E-state index contributed by atoms with van der Waals surface area (Å²) < 4.78 is 6.80. The zero-order valence-corrected chi connectivity index (χ0v) is 8.97. The molecule has 0 spiro atoms. The summed E-state index contributed by atoms with van der Waals surface area (Å²) in [6.45, 7) is -0.0415. The highest BCUT2D eigenvalue weighted by Crippen LogP contribution is 2.30. The summed E-state index contributed by atoms with van der Waals surface area (Å²) in [5.41, 5.74) is -0.407. The van der Waals surface area contributed by atoms with Crippen LogP contribution in [0, 0.1) is 0 Å². The summed E-state index contributed by atoms with van der Waals surface area (Å²) in [5, 5.41) is 8.93. The number of aliphatic hydroxyl groups is 1. The largest absolute Gasteiger partial charge is 0.394 e. The molecule has 2 atom stereocenters. The van der Waals surface area contributed by atoms with Crippen molar-refractivity contribution in [2.45, 2.75) is 25.0 Å². The third-order valence-electron chi connectivity index (χ3n) is 2.79. The van der Waals surface area contributed by atoms with Crippen LogP contribution in [-0.4, -0.2) is 27.4 Å². The standard InChI is InChI=1S/C10H14N2O4/c1-12-4-7(9(14)11-10(12)15)8-3-2-6(5-13)16-8/h4,6,8,13H,2-3,5H2,1H3,(H,11,14,15). The van der Waals surface area contributed by atoms with Gasteiger partial charge in [0.25, 0.3) is 5.56 Å². The van der Waals surface area contributed by atoms with Gasteiger partial charge in [0.05, 0.1) is 24.4 Å². The van der Waals surface area contributed by atoms with E-state index in [1.165, 1.54) is 10.8 Å². The van der Waals surface area contributed by atoms with Crippen LogP contribution in [0.1, 0.15) is 24.5 Å². The monoisotopic (exact) mass is 226 g/mol. The lowest BCUT2D eigenvalue weighted by Crippen LogP contribution is -2.31. The molecule has 2 rings (SSSR count). The van der Waals surface area contributed by atoms with E-state index in [-0.39, 0.29) is 18.8 Å². The van der Waals surface area contributed by atoms with Crippen LogP contribution in [0.15, 0.2) is 15.8 Å². The van der Waals surface area contributed by atoms with Gasteiger partial charge in [-0.05, 0) is 12.8 Å². The molecule has 0 radical (unpaired) electrons. The molecule has 0 bridgehead atoms. The summed E-state index contributed by atoms with van der Waals surface area (Å²) in [6, 6.07) is 0. The second-order valence-electron chi connectivity index (χ2n) is 3.96. The molecule has 1 saturated heterocycles. The first-order valence-electron chi connectivity index (χ1n) is 5.18. The number of nitrogens with zero attached hydrogens (tertiary/aromatic N) is 1. The Balaban J connectivity index is 2.32. The molecule has 2 heterocycles. The van der Waals surface area contributed by atoms with Crippen molar-refractivity contribution in [3.05, 3.63) is 32.6 Å². The highest BCUT2D eigenvalue weighted by Gasteiger charge is 2.28. The minimum Gasteiger partial charge on any atom is -0.394 e. The zero-order valence-electron chi connectivity index (χ0n) is 8.97. The first-order chi connectivity index (χ1) is 7.61. The maximum absolute atomic E-state index is 11.6. The summed E-state index contributed by atoms with van der Waals surface area (Å²) in [6.07, 6.45) is 2.37. The van der Waals surface area contributed by atoms with Crippen LogP contribution >= 0.6 is 0 Å². The van der Waals surface area contributed by atoms with E-state index in [2.05, 4.69) is 4.98 Å². The third kappa shape index (κ3) is 1.94. The number of nitrogens with one attached hydrogen (secondary N) is 1. The van der Waals surface area contributed by atoms with Gasteiger partial charge in [0.15, 0.2) is 0 Å². The molecule has 16 heavy (non-hydrogen) atoms. The van der Waals surface area contributed by atoms with Crippen molar-refractivity contribution in [1.82, 2.24) is 9.55 Å². The van der Waals surface area contributed by atoms with Crippen molar-refractivity contribution in [1.29, 1.82) is 0 Å². The van der Waals surface area contributed by atoms with Crippen molar-refractivity contribution in [2.75, 3.05) is 6.61 Å². The molecule has 0 amide bonds. The van der Waals surface area contributed by atoms with Crippen molar-refractivity contribution < 1.29 is 9.84 Å². The number of aryl methyl sites for hydroxylation is 1. The third-order valence-corrected chi connectivity index (χ3v) is 2.79. The number of ether oxygens (including phenoxy) is 1. The molecule has 0 aromatic carbocycles. The topological polar surface area (TPSA) is 84.3 Å². The average Bonchev–Trinajstić information content (AvgIpc) is 2.71. The number of rotatable bonds is 2. The Hall–Kier alpha value is -1.40. The number of hydrogen-bond acceptors (Lipinski definition) is 4. The lowest BCUT2D eigenvalue weighted by Gasteiger charge is -2.11. The average molecular weight is 226 g/mol. The van der Waals surface area contributed by atoms with Gasteiger partial charge in [-0.3, -0.25) is 9.78 Å². The number of hydrogen-bond donors (Lipinski definition) is 2. The molecule has 1 aliphatic rings. The fourth-order valence-corrected chi connectivity index (χ4v) is 1.88. The van der Waals surface area contributed by atoms with E-state index in [1.807, 2.05) is 0 Å². The van der Waals surface area contributed by atoms with E-state index >= 15 is 0 Å². The van der Waals surface area contributed by atoms with Crippen LogP contribution in [0.25, 0.3) is 0 Å². The normalized spacial score (nSPS) is 24.9. The number of aromatic amines is 1. The van der Waals surface area contributed by atoms with Crippen LogP contribution in [0.4, 0.5) is 0 Å². The minimum absolute atomic E-state index is 0.0415. The molecule has 0 aliphatic carbocycles. The Morgan fingerprint density at radius 2 is 2.31 bits per heavy atom. The van der Waals surface area contributed by atoms with Crippen molar-refractivity contribution in [2.24, 2.45) is 7.05 Å². The predicted octanol–water partition coefficient (Wildman–Crippen LogP) is -0.714. The molecule has 0 saturated carbocycles. The summed E-state index contributed by atoms with van der Waals surface area (Å²) in [5.74, 6) is 0. The van der Waals surface area contributed by atoms with Crippen LogP contribution in [-0.2, 0) is 11.8 Å². The number of aromatic nitrogens is 2. The quantitative estimate of drug-likeness (QED) is 0.697. The minimum atomic E-state index is -0.439. The SMILES string of the molecule is Cn1cc(C2CCC(CO)O2)c(=O)[nH]c1=O. The molecule has 1 aromatic heterocycles. The first-order valence-corrected chi connectivity index (χ1v) is 5.18. The van der Waals surface area contributed by atoms with Gasteiger partial charge in [0.1, 0.15) is 0 Å². The van der Waals surface area contributed by atoms with Gasteiger partial charge in [-0.25, -0.2) is 4.79 Å². The lowest BCUT2D eigenvalue weighted by molar-refractivity contribution is 0.0101. The second kappa shape index (κ2) is 4.23. The molecule has 1 fully saturated rings. The van der Waals surface area contributed by atoms with Gasteiger partial charge in [-0.1, -0.05) is 0 Å². The molecule has 2 unspecified atom stereocenters. The zero-order chi connectivity index (χ0) is 11.7. The highest BCUT2D eigenvalue weighted by atomic mass is 16.5.